The van der Waals surface area contributed by atoms with E-state index in [1.807, 2.05) is 6.42 Å². The van der Waals surface area contributed by atoms with E-state index in [-0.39, 0.29) is 6.10 Å². The topological polar surface area (TPSA) is 20.2 Å². The molecule has 0 aliphatic heterocycles. The van der Waals surface area contributed by atoms with Crippen molar-refractivity contribution < 1.29 is 9.59 Å². The quantitative estimate of drug-likeness (QED) is 0.463. The molecule has 0 heterocycles. The minimum Gasteiger partial charge on any atom is -0.387 e. The summed E-state index contributed by atoms with van der Waals surface area (Å²) in [6.45, 7) is 4.34. The Bertz CT molecular complexity index is 115. The molecular formula is C9H19NO+. The minimum atomic E-state index is -0.312. The first-order chi connectivity index (χ1) is 4.95. The van der Waals surface area contributed by atoms with Gasteiger partial charge in [-0.05, 0) is 12.8 Å². The van der Waals surface area contributed by atoms with Crippen LogP contribution in [0.2, 0.25) is 0 Å². The van der Waals surface area contributed by atoms with E-state index in [1.54, 1.807) is 6.08 Å². The Morgan fingerprint density at radius 1 is 1.45 bits per heavy atom. The van der Waals surface area contributed by atoms with Crippen LogP contribution in [0.4, 0.5) is 0 Å². The molecule has 0 aromatic carbocycles. The Hall–Kier alpha value is -0.340. The number of hydrogen-bond acceptors (Lipinski definition) is 1. The van der Waals surface area contributed by atoms with E-state index in [2.05, 4.69) is 27.7 Å². The zero-order valence-corrected chi connectivity index (χ0v) is 7.75. The molecule has 1 atom stereocenters. The van der Waals surface area contributed by atoms with E-state index < -0.39 is 0 Å². The van der Waals surface area contributed by atoms with E-state index in [1.165, 1.54) is 0 Å². The first-order valence-corrected chi connectivity index (χ1v) is 3.88. The Morgan fingerprint density at radius 2 is 2.00 bits per heavy atom. The van der Waals surface area contributed by atoms with Crippen LogP contribution in [0, 0.1) is 6.42 Å². The van der Waals surface area contributed by atoms with E-state index in [4.69, 9.17) is 0 Å². The van der Waals surface area contributed by atoms with Crippen LogP contribution < -0.4 is 0 Å². The molecule has 0 rings (SSSR count). The van der Waals surface area contributed by atoms with Gasteiger partial charge in [0.05, 0.1) is 21.1 Å². The second kappa shape index (κ2) is 4.52. The van der Waals surface area contributed by atoms with Gasteiger partial charge in [-0.2, -0.15) is 0 Å². The van der Waals surface area contributed by atoms with Gasteiger partial charge in [0.15, 0.2) is 0 Å². The van der Waals surface area contributed by atoms with Crippen LogP contribution in [0.15, 0.2) is 12.7 Å². The minimum absolute atomic E-state index is 0.312. The fourth-order valence-corrected chi connectivity index (χ4v) is 0.889. The molecule has 0 saturated carbocycles. The molecule has 0 fully saturated rings. The lowest BCUT2D eigenvalue weighted by molar-refractivity contribution is -0.873. The van der Waals surface area contributed by atoms with Crippen molar-refractivity contribution in [2.75, 3.05) is 27.7 Å². The first kappa shape index (κ1) is 10.7. The second-order valence-electron chi connectivity index (χ2n) is 3.80. The largest absolute Gasteiger partial charge is 0.387 e. The van der Waals surface area contributed by atoms with Gasteiger partial charge in [0.2, 0.25) is 0 Å². The average molecular weight is 157 g/mol. The third-order valence-corrected chi connectivity index (χ3v) is 1.31. The average Bonchev–Trinajstić information content (AvgIpc) is 1.79. The van der Waals surface area contributed by atoms with Crippen LogP contribution >= 0.6 is 0 Å². The summed E-state index contributed by atoms with van der Waals surface area (Å²) in [6.07, 6.45) is 4.13. The highest BCUT2D eigenvalue weighted by Crippen LogP contribution is 2.00. The highest BCUT2D eigenvalue weighted by atomic mass is 16.3. The molecule has 0 aromatic heterocycles. The van der Waals surface area contributed by atoms with Crippen molar-refractivity contribution in [3.05, 3.63) is 19.1 Å². The molecular weight excluding hydrogens is 138 g/mol. The third-order valence-electron chi connectivity index (χ3n) is 1.31. The maximum absolute atomic E-state index is 9.40. The summed E-state index contributed by atoms with van der Waals surface area (Å²) in [4.78, 5) is 0. The van der Waals surface area contributed by atoms with Crippen LogP contribution in [0.1, 0.15) is 6.42 Å². The number of quaternary nitrogens is 1. The summed E-state index contributed by atoms with van der Waals surface area (Å²) in [5.41, 5.74) is 0. The van der Waals surface area contributed by atoms with Gasteiger partial charge in [0.1, 0.15) is 12.6 Å². The fourth-order valence-electron chi connectivity index (χ4n) is 0.889. The Balaban J connectivity index is 3.51. The van der Waals surface area contributed by atoms with Gasteiger partial charge >= 0.3 is 0 Å². The lowest BCUT2D eigenvalue weighted by Gasteiger charge is -2.26. The van der Waals surface area contributed by atoms with Crippen molar-refractivity contribution in [1.29, 1.82) is 0 Å². The molecule has 0 aliphatic rings. The van der Waals surface area contributed by atoms with Crippen molar-refractivity contribution in [2.24, 2.45) is 0 Å². The van der Waals surface area contributed by atoms with Crippen molar-refractivity contribution >= 4 is 0 Å². The van der Waals surface area contributed by atoms with Crippen molar-refractivity contribution in [1.82, 2.24) is 0 Å². The number of rotatable bonds is 5. The number of nitrogens with zero attached hydrogens (tertiary/aromatic N) is 1. The standard InChI is InChI=1S/C9H19NO/c1-5-6-7-9(11)8-10(2,3)4/h5,7,9,11H,1,6,8H2,2-4H3/q+1. The smallest absolute Gasteiger partial charge is 0.106 e. The van der Waals surface area contributed by atoms with Crippen molar-refractivity contribution in [3.63, 3.8) is 0 Å². The molecule has 1 unspecified atom stereocenters. The van der Waals surface area contributed by atoms with Gasteiger partial charge in [0.25, 0.3) is 0 Å². The fraction of sp³-hybridized carbons (Fsp3) is 0.667. The van der Waals surface area contributed by atoms with Gasteiger partial charge < -0.3 is 9.59 Å². The number of likely N-dealkylation sites (N-methyl/N-ethyl adjacent to an activating group) is 1. The van der Waals surface area contributed by atoms with Crippen molar-refractivity contribution in [2.45, 2.75) is 12.5 Å². The summed E-state index contributed by atoms with van der Waals surface area (Å²) < 4.78 is 0.787. The van der Waals surface area contributed by atoms with Gasteiger partial charge in [-0.25, -0.2) is 0 Å². The Labute approximate surface area is 69.7 Å². The highest BCUT2D eigenvalue weighted by Gasteiger charge is 2.14. The molecule has 1 radical (unpaired) electrons. The van der Waals surface area contributed by atoms with Gasteiger partial charge in [-0.15, -0.1) is 6.58 Å². The number of hydrogen-bond donors (Lipinski definition) is 1. The van der Waals surface area contributed by atoms with Crippen LogP contribution in [-0.2, 0) is 0 Å². The molecule has 0 amide bonds. The maximum atomic E-state index is 9.40. The van der Waals surface area contributed by atoms with Crippen LogP contribution in [0.5, 0.6) is 0 Å². The van der Waals surface area contributed by atoms with Gasteiger partial charge in [0, 0.05) is 0 Å². The zero-order valence-electron chi connectivity index (χ0n) is 7.75. The molecule has 1 N–H and O–H groups in total. The zero-order chi connectivity index (χ0) is 8.91. The maximum Gasteiger partial charge on any atom is 0.106 e. The molecule has 11 heavy (non-hydrogen) atoms. The second-order valence-corrected chi connectivity index (χ2v) is 3.80. The number of aliphatic hydroxyl groups excluding tert-OH is 1. The molecule has 0 saturated heterocycles. The molecule has 0 bridgehead atoms. The van der Waals surface area contributed by atoms with Gasteiger partial charge in [-0.1, -0.05) is 6.08 Å². The van der Waals surface area contributed by atoms with Crippen LogP contribution in [0.25, 0.3) is 0 Å². The SMILES string of the molecule is C=CC[CH]C(O)C[N+](C)(C)C. The monoisotopic (exact) mass is 157 g/mol. The number of aliphatic hydroxyl groups is 1. The van der Waals surface area contributed by atoms with Crippen LogP contribution in [0.3, 0.4) is 0 Å². The van der Waals surface area contributed by atoms with E-state index in [0.717, 1.165) is 17.4 Å². The molecule has 0 aliphatic carbocycles. The molecule has 0 aromatic rings. The summed E-state index contributed by atoms with van der Waals surface area (Å²) in [5.74, 6) is 0. The summed E-state index contributed by atoms with van der Waals surface area (Å²) in [5, 5.41) is 9.40. The van der Waals surface area contributed by atoms with E-state index in [0.29, 0.717) is 0 Å². The Kier molecular flexibility index (Phi) is 4.38. The number of allylic oxidation sites excluding steroid dienone is 1. The molecule has 2 heteroatoms. The first-order valence-electron chi connectivity index (χ1n) is 3.88. The predicted octanol–water partition coefficient (Wildman–Crippen LogP) is 0.834. The molecule has 0 spiro atoms. The van der Waals surface area contributed by atoms with E-state index in [9.17, 15) is 5.11 Å². The Morgan fingerprint density at radius 3 is 2.36 bits per heavy atom. The van der Waals surface area contributed by atoms with E-state index >= 15 is 0 Å². The highest BCUT2D eigenvalue weighted by molar-refractivity contribution is 4.83. The predicted molar refractivity (Wildman–Crippen MR) is 48.0 cm³/mol. The summed E-state index contributed by atoms with van der Waals surface area (Å²) in [6, 6.07) is 0. The summed E-state index contributed by atoms with van der Waals surface area (Å²) >= 11 is 0. The molecule has 2 nitrogen and oxygen atoms in total. The summed E-state index contributed by atoms with van der Waals surface area (Å²) in [7, 11) is 6.18. The third kappa shape index (κ3) is 7.56. The lowest BCUT2D eigenvalue weighted by atomic mass is 10.2. The van der Waals surface area contributed by atoms with Crippen molar-refractivity contribution in [3.8, 4) is 0 Å². The molecule has 65 valence electrons. The normalized spacial score (nSPS) is 14.5. The van der Waals surface area contributed by atoms with Gasteiger partial charge in [-0.3, -0.25) is 0 Å². The van der Waals surface area contributed by atoms with Crippen LogP contribution in [-0.4, -0.2) is 43.4 Å². The lowest BCUT2D eigenvalue weighted by Crippen LogP contribution is -2.41.